The number of carbonyl (C=O) groups is 1. The lowest BCUT2D eigenvalue weighted by Gasteiger charge is -2.23. The quantitative estimate of drug-likeness (QED) is 0.607. The van der Waals surface area contributed by atoms with Gasteiger partial charge in [0.1, 0.15) is 0 Å². The molecule has 0 aromatic carbocycles. The highest BCUT2D eigenvalue weighted by Crippen LogP contribution is 2.13. The van der Waals surface area contributed by atoms with Crippen LogP contribution in [0, 0.1) is 0 Å². The molecule has 0 N–H and O–H groups in total. The fourth-order valence-corrected chi connectivity index (χ4v) is 1.56. The molecule has 0 aromatic heterocycles. The van der Waals surface area contributed by atoms with Crippen LogP contribution in [0.3, 0.4) is 0 Å². The van der Waals surface area contributed by atoms with Crippen LogP contribution in [0.1, 0.15) is 20.3 Å². The van der Waals surface area contributed by atoms with E-state index in [1.807, 2.05) is 9.80 Å². The number of rotatable bonds is 4. The van der Waals surface area contributed by atoms with Crippen molar-refractivity contribution < 1.29 is 4.79 Å². The summed E-state index contributed by atoms with van der Waals surface area (Å²) >= 11 is 0. The van der Waals surface area contributed by atoms with Gasteiger partial charge in [0.05, 0.1) is 0 Å². The van der Waals surface area contributed by atoms with Crippen molar-refractivity contribution >= 4 is 6.03 Å². The lowest BCUT2D eigenvalue weighted by atomic mass is 10.2. The molecule has 0 spiro atoms. The predicted octanol–water partition coefficient (Wildman–Crippen LogP) is 1.71. The zero-order valence-corrected chi connectivity index (χ0v) is 8.49. The first-order valence-corrected chi connectivity index (χ1v) is 4.87. The summed E-state index contributed by atoms with van der Waals surface area (Å²) in [6.45, 7) is 10.2. The molecule has 74 valence electrons. The summed E-state index contributed by atoms with van der Waals surface area (Å²) in [5.41, 5.74) is 0. The van der Waals surface area contributed by atoms with Crippen LogP contribution in [-0.4, -0.2) is 41.5 Å². The monoisotopic (exact) mass is 182 g/mol. The summed E-state index contributed by atoms with van der Waals surface area (Å²) in [6.07, 6.45) is 2.80. The van der Waals surface area contributed by atoms with E-state index in [1.54, 1.807) is 6.08 Å². The lowest BCUT2D eigenvalue weighted by molar-refractivity contribution is 0.182. The third-order valence-electron chi connectivity index (χ3n) is 2.60. The maximum absolute atomic E-state index is 11.7. The highest BCUT2D eigenvalue weighted by molar-refractivity contribution is 5.77. The Balaban J connectivity index is 2.54. The summed E-state index contributed by atoms with van der Waals surface area (Å²) in [5, 5.41) is 0. The van der Waals surface area contributed by atoms with Gasteiger partial charge in [-0.1, -0.05) is 13.0 Å². The number of amides is 2. The summed E-state index contributed by atoms with van der Waals surface area (Å²) in [7, 11) is 0. The molecule has 1 aliphatic rings. The second-order valence-corrected chi connectivity index (χ2v) is 3.47. The van der Waals surface area contributed by atoms with Gasteiger partial charge in [0.25, 0.3) is 0 Å². The number of nitrogens with zero attached hydrogens (tertiary/aromatic N) is 2. The Labute approximate surface area is 80.0 Å². The average molecular weight is 182 g/mol. The molecular formula is C10H18N2O. The number of hydrogen-bond acceptors (Lipinski definition) is 1. The average Bonchev–Trinajstić information content (AvgIpc) is 2.48. The van der Waals surface area contributed by atoms with E-state index in [9.17, 15) is 4.79 Å². The Morgan fingerprint density at radius 2 is 2.31 bits per heavy atom. The van der Waals surface area contributed by atoms with Crippen molar-refractivity contribution in [2.75, 3.05) is 19.6 Å². The van der Waals surface area contributed by atoms with Crippen molar-refractivity contribution in [3.8, 4) is 0 Å². The van der Waals surface area contributed by atoms with Crippen LogP contribution in [0.15, 0.2) is 12.7 Å². The van der Waals surface area contributed by atoms with E-state index in [4.69, 9.17) is 0 Å². The van der Waals surface area contributed by atoms with Crippen molar-refractivity contribution in [3.05, 3.63) is 12.7 Å². The predicted molar refractivity (Wildman–Crippen MR) is 53.6 cm³/mol. The molecule has 1 heterocycles. The summed E-state index contributed by atoms with van der Waals surface area (Å²) < 4.78 is 0. The first kappa shape index (κ1) is 10.1. The second-order valence-electron chi connectivity index (χ2n) is 3.47. The molecule has 1 rings (SSSR count). The van der Waals surface area contributed by atoms with Gasteiger partial charge in [-0.05, 0) is 13.3 Å². The molecule has 3 heteroatoms. The Morgan fingerprint density at radius 3 is 2.85 bits per heavy atom. The van der Waals surface area contributed by atoms with Crippen LogP contribution >= 0.6 is 0 Å². The molecular weight excluding hydrogens is 164 g/mol. The maximum Gasteiger partial charge on any atom is 0.320 e. The molecule has 1 unspecified atom stereocenters. The lowest BCUT2D eigenvalue weighted by Crippen LogP contribution is -2.37. The molecule has 13 heavy (non-hydrogen) atoms. The van der Waals surface area contributed by atoms with E-state index in [0.717, 1.165) is 19.5 Å². The van der Waals surface area contributed by atoms with Gasteiger partial charge in [-0.2, -0.15) is 0 Å². The molecule has 0 aromatic rings. The first-order valence-electron chi connectivity index (χ1n) is 4.87. The first-order chi connectivity index (χ1) is 6.20. The van der Waals surface area contributed by atoms with E-state index in [1.165, 1.54) is 0 Å². The zero-order valence-electron chi connectivity index (χ0n) is 8.49. The third-order valence-corrected chi connectivity index (χ3v) is 2.60. The molecule has 3 nitrogen and oxygen atoms in total. The van der Waals surface area contributed by atoms with Crippen molar-refractivity contribution in [3.63, 3.8) is 0 Å². The minimum Gasteiger partial charge on any atom is -0.320 e. The maximum atomic E-state index is 11.7. The number of urea groups is 1. The Bertz CT molecular complexity index is 203. The van der Waals surface area contributed by atoms with Crippen LogP contribution in [0.5, 0.6) is 0 Å². The van der Waals surface area contributed by atoms with E-state index in [-0.39, 0.29) is 6.03 Å². The SMILES string of the molecule is C=CCN1CCN(C(C)CC)C1=O. The van der Waals surface area contributed by atoms with Crippen molar-refractivity contribution in [2.24, 2.45) is 0 Å². The minimum atomic E-state index is 0.161. The van der Waals surface area contributed by atoms with Gasteiger partial charge in [-0.3, -0.25) is 0 Å². The van der Waals surface area contributed by atoms with Crippen molar-refractivity contribution in [1.82, 2.24) is 9.80 Å². The van der Waals surface area contributed by atoms with E-state index in [2.05, 4.69) is 20.4 Å². The van der Waals surface area contributed by atoms with Crippen LogP contribution in [0.4, 0.5) is 4.79 Å². The Morgan fingerprint density at radius 1 is 1.62 bits per heavy atom. The Hall–Kier alpha value is -0.990. The van der Waals surface area contributed by atoms with Gasteiger partial charge in [-0.25, -0.2) is 4.79 Å². The van der Waals surface area contributed by atoms with Gasteiger partial charge in [0.15, 0.2) is 0 Å². The van der Waals surface area contributed by atoms with Gasteiger partial charge >= 0.3 is 6.03 Å². The summed E-state index contributed by atoms with van der Waals surface area (Å²) in [4.78, 5) is 15.5. The highest BCUT2D eigenvalue weighted by Gasteiger charge is 2.29. The van der Waals surface area contributed by atoms with Crippen LogP contribution in [0.2, 0.25) is 0 Å². The van der Waals surface area contributed by atoms with Gasteiger partial charge < -0.3 is 9.80 Å². The van der Waals surface area contributed by atoms with E-state index >= 15 is 0 Å². The van der Waals surface area contributed by atoms with Gasteiger partial charge in [-0.15, -0.1) is 6.58 Å². The molecule has 1 fully saturated rings. The van der Waals surface area contributed by atoms with E-state index in [0.29, 0.717) is 12.6 Å². The molecule has 1 saturated heterocycles. The standard InChI is InChI=1S/C10H18N2O/c1-4-6-11-7-8-12(10(11)13)9(3)5-2/h4,9H,1,5-8H2,2-3H3. The van der Waals surface area contributed by atoms with Crippen LogP contribution < -0.4 is 0 Å². The highest BCUT2D eigenvalue weighted by atomic mass is 16.2. The fraction of sp³-hybridized carbons (Fsp3) is 0.700. The van der Waals surface area contributed by atoms with Crippen LogP contribution in [0.25, 0.3) is 0 Å². The fourth-order valence-electron chi connectivity index (χ4n) is 1.56. The molecule has 0 radical (unpaired) electrons. The topological polar surface area (TPSA) is 23.6 Å². The van der Waals surface area contributed by atoms with Crippen LogP contribution in [-0.2, 0) is 0 Å². The Kier molecular flexibility index (Phi) is 3.34. The minimum absolute atomic E-state index is 0.161. The molecule has 0 bridgehead atoms. The molecule has 1 aliphatic heterocycles. The van der Waals surface area contributed by atoms with Crippen molar-refractivity contribution in [1.29, 1.82) is 0 Å². The second kappa shape index (κ2) is 4.30. The molecule has 0 saturated carbocycles. The van der Waals surface area contributed by atoms with Gasteiger partial charge in [0.2, 0.25) is 0 Å². The number of hydrogen-bond donors (Lipinski definition) is 0. The molecule has 0 aliphatic carbocycles. The number of carbonyl (C=O) groups excluding carboxylic acids is 1. The van der Waals surface area contributed by atoms with Gasteiger partial charge in [0, 0.05) is 25.7 Å². The normalized spacial score (nSPS) is 19.4. The smallest absolute Gasteiger partial charge is 0.320 e. The van der Waals surface area contributed by atoms with E-state index < -0.39 is 0 Å². The largest absolute Gasteiger partial charge is 0.320 e. The molecule has 2 amide bonds. The zero-order chi connectivity index (χ0) is 9.84. The summed E-state index contributed by atoms with van der Waals surface area (Å²) in [5.74, 6) is 0. The van der Waals surface area contributed by atoms with Crippen molar-refractivity contribution in [2.45, 2.75) is 26.3 Å². The molecule has 1 atom stereocenters. The third kappa shape index (κ3) is 2.02. The summed E-state index contributed by atoms with van der Waals surface area (Å²) in [6, 6.07) is 0.525.